The van der Waals surface area contributed by atoms with Gasteiger partial charge in [-0.15, -0.1) is 0 Å². The summed E-state index contributed by atoms with van der Waals surface area (Å²) in [5.74, 6) is 1.29. The lowest BCUT2D eigenvalue weighted by Crippen LogP contribution is -2.53. The van der Waals surface area contributed by atoms with E-state index >= 15 is 0 Å². The van der Waals surface area contributed by atoms with Gasteiger partial charge in [0.15, 0.2) is 0 Å². The Morgan fingerprint density at radius 3 is 2.69 bits per heavy atom. The molecule has 1 amide bonds. The van der Waals surface area contributed by atoms with Crippen LogP contribution >= 0.6 is 0 Å². The molecule has 1 aromatic carbocycles. The smallest absolute Gasteiger partial charge is 0.291 e. The number of carbonyl (C=O) groups is 1. The molecule has 0 spiro atoms. The van der Waals surface area contributed by atoms with Gasteiger partial charge < -0.3 is 14.2 Å². The van der Waals surface area contributed by atoms with Crippen LogP contribution < -0.4 is 0 Å². The molecule has 2 saturated heterocycles. The number of rotatable bonds is 6. The molecule has 36 heavy (non-hydrogen) atoms. The van der Waals surface area contributed by atoms with E-state index in [0.717, 1.165) is 56.5 Å². The molecule has 2 atom stereocenters. The van der Waals surface area contributed by atoms with Gasteiger partial charge in [-0.1, -0.05) is 32.9 Å². The van der Waals surface area contributed by atoms with E-state index in [1.54, 1.807) is 13.2 Å². The highest BCUT2D eigenvalue weighted by Gasteiger charge is 2.35. The van der Waals surface area contributed by atoms with Gasteiger partial charge in [0.1, 0.15) is 17.9 Å². The lowest BCUT2D eigenvalue weighted by atomic mass is 9.88. The number of benzene rings is 1. The number of halogens is 1. The zero-order chi connectivity index (χ0) is 25.4. The summed E-state index contributed by atoms with van der Waals surface area (Å²) in [6, 6.07) is 5.48. The van der Waals surface area contributed by atoms with Crippen molar-refractivity contribution in [2.24, 2.45) is 5.92 Å². The minimum atomic E-state index is -0.351. The molecule has 0 bridgehead atoms. The van der Waals surface area contributed by atoms with E-state index in [-0.39, 0.29) is 36.1 Å². The average Bonchev–Trinajstić information content (AvgIpc) is 3.50. The second kappa shape index (κ2) is 10.3. The van der Waals surface area contributed by atoms with Crippen molar-refractivity contribution < 1.29 is 18.4 Å². The van der Waals surface area contributed by atoms with Gasteiger partial charge in [0, 0.05) is 37.5 Å². The molecule has 0 saturated carbocycles. The van der Waals surface area contributed by atoms with Crippen LogP contribution in [0.4, 0.5) is 4.39 Å². The van der Waals surface area contributed by atoms with Crippen molar-refractivity contribution >= 4 is 16.8 Å². The molecule has 2 aliphatic heterocycles. The van der Waals surface area contributed by atoms with Crippen molar-refractivity contribution in [3.05, 3.63) is 35.6 Å². The first-order valence-electron chi connectivity index (χ1n) is 12.9. The van der Waals surface area contributed by atoms with Crippen LogP contribution in [0.1, 0.15) is 63.5 Å². The molecule has 2 unspecified atom stereocenters. The Labute approximate surface area is 210 Å². The topological polar surface area (TPSA) is 89.5 Å². The number of carbonyl (C=O) groups excluding carboxylic acids is 1. The first kappa shape index (κ1) is 24.8. The summed E-state index contributed by atoms with van der Waals surface area (Å²) < 4.78 is 26.9. The molecular formula is C26H35FN6O3. The molecule has 2 fully saturated rings. The highest BCUT2D eigenvalue weighted by Crippen LogP contribution is 2.33. The van der Waals surface area contributed by atoms with Gasteiger partial charge >= 0.3 is 0 Å². The molecule has 2 aromatic heterocycles. The van der Waals surface area contributed by atoms with Crippen molar-refractivity contribution in [3.8, 4) is 5.95 Å². The quantitative estimate of drug-likeness (QED) is 0.512. The van der Waals surface area contributed by atoms with Crippen molar-refractivity contribution in [1.29, 1.82) is 0 Å². The van der Waals surface area contributed by atoms with E-state index < -0.39 is 0 Å². The van der Waals surface area contributed by atoms with Crippen LogP contribution in [0.2, 0.25) is 0 Å². The number of aromatic nitrogens is 4. The number of nitrogens with zero attached hydrogens (tertiary/aromatic N) is 6. The third kappa shape index (κ3) is 4.64. The summed E-state index contributed by atoms with van der Waals surface area (Å²) in [5.41, 5.74) is 1.20. The Hall–Kier alpha value is -2.85. The maximum absolute atomic E-state index is 14.7. The van der Waals surface area contributed by atoms with Gasteiger partial charge in [-0.05, 0) is 55.4 Å². The van der Waals surface area contributed by atoms with Crippen LogP contribution in [0.15, 0.2) is 22.7 Å². The predicted molar refractivity (Wildman–Crippen MR) is 133 cm³/mol. The minimum absolute atomic E-state index is 0.0686. The van der Waals surface area contributed by atoms with E-state index in [2.05, 4.69) is 27.1 Å². The minimum Gasteiger partial charge on any atom is -0.375 e. The summed E-state index contributed by atoms with van der Waals surface area (Å²) in [7, 11) is 1.56. The average molecular weight is 499 g/mol. The van der Waals surface area contributed by atoms with E-state index in [1.165, 1.54) is 10.7 Å². The van der Waals surface area contributed by atoms with Crippen LogP contribution in [0, 0.1) is 11.7 Å². The molecule has 0 aliphatic carbocycles. The number of hydrogen-bond acceptors (Lipinski definition) is 7. The summed E-state index contributed by atoms with van der Waals surface area (Å²) >= 11 is 0. The third-order valence-corrected chi connectivity index (χ3v) is 7.68. The van der Waals surface area contributed by atoms with Crippen LogP contribution in [0.3, 0.4) is 0 Å². The fourth-order valence-corrected chi connectivity index (χ4v) is 5.79. The number of para-hydroxylation sites is 1. The summed E-state index contributed by atoms with van der Waals surface area (Å²) in [4.78, 5) is 21.3. The highest BCUT2D eigenvalue weighted by molar-refractivity contribution is 5.84. The Kier molecular flexibility index (Phi) is 7.07. The first-order valence-corrected chi connectivity index (χ1v) is 12.9. The Balaban J connectivity index is 1.25. The highest BCUT2D eigenvalue weighted by atomic mass is 19.1. The summed E-state index contributed by atoms with van der Waals surface area (Å²) in [6.45, 7) is 9.88. The predicted octanol–water partition coefficient (Wildman–Crippen LogP) is 3.73. The number of amides is 1. The molecule has 2 aliphatic rings. The number of ether oxygens (including phenoxy) is 1. The zero-order valence-electron chi connectivity index (χ0n) is 21.5. The molecule has 10 heteroatoms. The van der Waals surface area contributed by atoms with E-state index in [9.17, 15) is 9.18 Å². The third-order valence-electron chi connectivity index (χ3n) is 7.68. The van der Waals surface area contributed by atoms with Gasteiger partial charge in [0.25, 0.3) is 5.95 Å². The van der Waals surface area contributed by atoms with Crippen molar-refractivity contribution in [2.45, 2.75) is 57.9 Å². The second-order valence-corrected chi connectivity index (χ2v) is 10.4. The molecule has 194 valence electrons. The SMILES string of the molecule is COCC(=O)N1CCC(N2CCC(c3nc(-n4nc(C(C)C)c5cccc(F)c54)no3)CC2)C(C)C1. The van der Waals surface area contributed by atoms with Gasteiger partial charge in [-0.3, -0.25) is 9.69 Å². The standard InChI is InChI=1S/C26H35FN6O3/c1-16(2)23-19-6-5-7-20(27)24(19)33(29-23)26-28-25(36-30-26)18-8-11-31(12-9-18)21-10-13-32(14-17(21)3)22(34)15-35-4/h5-7,16-18,21H,8-15H2,1-4H3. The number of fused-ring (bicyclic) bond motifs is 1. The molecule has 4 heterocycles. The normalized spacial score (nSPS) is 22.1. The van der Waals surface area contributed by atoms with Crippen LogP contribution in [-0.4, -0.2) is 81.6 Å². The number of methoxy groups -OCH3 is 1. The zero-order valence-corrected chi connectivity index (χ0v) is 21.5. The van der Waals surface area contributed by atoms with Gasteiger partial charge in [0.2, 0.25) is 11.8 Å². The van der Waals surface area contributed by atoms with Gasteiger partial charge in [-0.25, -0.2) is 4.39 Å². The summed E-state index contributed by atoms with van der Waals surface area (Å²) in [6.07, 6.45) is 2.81. The van der Waals surface area contributed by atoms with E-state index in [1.807, 2.05) is 24.8 Å². The van der Waals surface area contributed by atoms with Crippen LogP contribution in [0.5, 0.6) is 0 Å². The number of likely N-dealkylation sites (tertiary alicyclic amines) is 2. The second-order valence-electron chi connectivity index (χ2n) is 10.4. The molecule has 9 nitrogen and oxygen atoms in total. The van der Waals surface area contributed by atoms with Crippen molar-refractivity contribution in [2.75, 3.05) is 39.9 Å². The maximum atomic E-state index is 14.7. The molecule has 5 rings (SSSR count). The Morgan fingerprint density at radius 2 is 2.00 bits per heavy atom. The van der Waals surface area contributed by atoms with E-state index in [0.29, 0.717) is 23.4 Å². The fourth-order valence-electron chi connectivity index (χ4n) is 5.79. The van der Waals surface area contributed by atoms with E-state index in [4.69, 9.17) is 9.26 Å². The Bertz CT molecular complexity index is 1220. The lowest BCUT2D eigenvalue weighted by Gasteiger charge is -2.44. The monoisotopic (exact) mass is 498 g/mol. The largest absolute Gasteiger partial charge is 0.375 e. The molecule has 0 radical (unpaired) electrons. The van der Waals surface area contributed by atoms with Crippen LogP contribution in [0.25, 0.3) is 16.9 Å². The fraction of sp³-hybridized carbons (Fsp3) is 0.615. The molecule has 3 aromatic rings. The number of piperidine rings is 2. The Morgan fingerprint density at radius 1 is 1.22 bits per heavy atom. The van der Waals surface area contributed by atoms with Gasteiger partial charge in [0.05, 0.1) is 5.69 Å². The van der Waals surface area contributed by atoms with Crippen molar-refractivity contribution in [1.82, 2.24) is 29.7 Å². The lowest BCUT2D eigenvalue weighted by molar-refractivity contribution is -0.138. The first-order chi connectivity index (χ1) is 17.4. The maximum Gasteiger partial charge on any atom is 0.291 e. The summed E-state index contributed by atoms with van der Waals surface area (Å²) in [5, 5.41) is 9.58. The molecular weight excluding hydrogens is 463 g/mol. The molecule has 0 N–H and O–H groups in total. The van der Waals surface area contributed by atoms with Gasteiger partial charge in [-0.2, -0.15) is 14.8 Å². The number of hydrogen-bond donors (Lipinski definition) is 0. The van der Waals surface area contributed by atoms with Crippen molar-refractivity contribution in [3.63, 3.8) is 0 Å². The van der Waals surface area contributed by atoms with Crippen LogP contribution in [-0.2, 0) is 9.53 Å².